The summed E-state index contributed by atoms with van der Waals surface area (Å²) < 4.78 is 5.00. The third-order valence-corrected chi connectivity index (χ3v) is 5.06. The number of piperazine rings is 1. The molecule has 2 aromatic rings. The largest absolute Gasteiger partial charge is 0.462 e. The van der Waals surface area contributed by atoms with Crippen molar-refractivity contribution in [3.8, 4) is 0 Å². The van der Waals surface area contributed by atoms with Gasteiger partial charge in [-0.05, 0) is 43.4 Å². The van der Waals surface area contributed by atoms with Gasteiger partial charge in [0.15, 0.2) is 5.11 Å². The van der Waals surface area contributed by atoms with Crippen molar-refractivity contribution in [3.63, 3.8) is 0 Å². The van der Waals surface area contributed by atoms with Crippen LogP contribution in [0.3, 0.4) is 0 Å². The summed E-state index contributed by atoms with van der Waals surface area (Å²) in [6.07, 6.45) is 0. The minimum absolute atomic E-state index is 0.302. The second-order valence-corrected chi connectivity index (χ2v) is 7.01. The number of esters is 1. The van der Waals surface area contributed by atoms with Crippen LogP contribution in [0.4, 0.5) is 5.69 Å². The van der Waals surface area contributed by atoms with Gasteiger partial charge in [0, 0.05) is 11.3 Å². The van der Waals surface area contributed by atoms with Crippen LogP contribution >= 0.6 is 12.2 Å². The lowest BCUT2D eigenvalue weighted by Gasteiger charge is -2.34. The number of hydrogen-bond acceptors (Lipinski definition) is 3. The number of anilines is 1. The molecule has 0 aliphatic carbocycles. The summed E-state index contributed by atoms with van der Waals surface area (Å²) in [7, 11) is 0. The van der Waals surface area contributed by atoms with Crippen LogP contribution in [-0.4, -0.2) is 48.8 Å². The Morgan fingerprint density at radius 2 is 1.78 bits per heavy atom. The maximum atomic E-state index is 11.7. The van der Waals surface area contributed by atoms with Crippen LogP contribution in [0.15, 0.2) is 54.6 Å². The SMILES string of the molecule is CCOC(=O)c1ccc(NC(=S)N2CC[NH+](Cc3ccccc3)CC2)cc1. The topological polar surface area (TPSA) is 46.0 Å². The van der Waals surface area contributed by atoms with Gasteiger partial charge in [-0.2, -0.15) is 0 Å². The minimum atomic E-state index is -0.302. The van der Waals surface area contributed by atoms with Crippen LogP contribution in [0.1, 0.15) is 22.8 Å². The highest BCUT2D eigenvalue weighted by Crippen LogP contribution is 2.12. The zero-order chi connectivity index (χ0) is 19.1. The van der Waals surface area contributed by atoms with Crippen molar-refractivity contribution in [3.05, 3.63) is 65.7 Å². The van der Waals surface area contributed by atoms with Crippen LogP contribution in [0.5, 0.6) is 0 Å². The standard InChI is InChI=1S/C21H25N3O2S/c1-2-26-20(25)18-8-10-19(11-9-18)22-21(27)24-14-12-23(13-15-24)16-17-6-4-3-5-7-17/h3-11H,2,12-16H2,1H3,(H,22,27)/p+1. The molecule has 0 spiro atoms. The Morgan fingerprint density at radius 1 is 1.11 bits per heavy atom. The Bertz CT molecular complexity index is 757. The molecule has 142 valence electrons. The molecule has 1 heterocycles. The van der Waals surface area contributed by atoms with E-state index in [2.05, 4.69) is 40.5 Å². The van der Waals surface area contributed by atoms with Crippen LogP contribution in [0, 0.1) is 0 Å². The molecular weight excluding hydrogens is 358 g/mol. The first-order valence-electron chi connectivity index (χ1n) is 9.36. The van der Waals surface area contributed by atoms with Crippen molar-refractivity contribution in [2.24, 2.45) is 0 Å². The van der Waals surface area contributed by atoms with Crippen molar-refractivity contribution in [1.82, 2.24) is 4.90 Å². The van der Waals surface area contributed by atoms with Gasteiger partial charge in [0.1, 0.15) is 6.54 Å². The van der Waals surface area contributed by atoms with Crippen LogP contribution < -0.4 is 10.2 Å². The number of nitrogens with one attached hydrogen (secondary N) is 2. The number of carbonyl (C=O) groups is 1. The van der Waals surface area contributed by atoms with E-state index in [1.54, 1.807) is 24.0 Å². The molecule has 0 unspecified atom stereocenters. The van der Waals surface area contributed by atoms with Gasteiger partial charge < -0.3 is 19.9 Å². The smallest absolute Gasteiger partial charge is 0.338 e. The first-order valence-corrected chi connectivity index (χ1v) is 9.77. The molecule has 0 saturated carbocycles. The summed E-state index contributed by atoms with van der Waals surface area (Å²) >= 11 is 5.56. The van der Waals surface area contributed by atoms with E-state index < -0.39 is 0 Å². The summed E-state index contributed by atoms with van der Waals surface area (Å²) in [4.78, 5) is 15.5. The van der Waals surface area contributed by atoms with Crippen molar-refractivity contribution < 1.29 is 14.4 Å². The molecule has 0 bridgehead atoms. The summed E-state index contributed by atoms with van der Waals surface area (Å²) in [5.74, 6) is -0.302. The first kappa shape index (κ1) is 19.3. The number of nitrogens with zero attached hydrogens (tertiary/aromatic N) is 1. The summed E-state index contributed by atoms with van der Waals surface area (Å²) in [5, 5.41) is 4.00. The third-order valence-electron chi connectivity index (χ3n) is 4.70. The molecule has 0 amide bonds. The van der Waals surface area contributed by atoms with Crippen LogP contribution in [0.2, 0.25) is 0 Å². The molecule has 2 N–H and O–H groups in total. The zero-order valence-corrected chi connectivity index (χ0v) is 16.4. The lowest BCUT2D eigenvalue weighted by Crippen LogP contribution is -3.13. The van der Waals surface area contributed by atoms with E-state index in [0.29, 0.717) is 12.2 Å². The van der Waals surface area contributed by atoms with Gasteiger partial charge >= 0.3 is 5.97 Å². The van der Waals surface area contributed by atoms with Gasteiger partial charge in [-0.1, -0.05) is 30.3 Å². The minimum Gasteiger partial charge on any atom is -0.462 e. The van der Waals surface area contributed by atoms with Gasteiger partial charge in [-0.3, -0.25) is 0 Å². The van der Waals surface area contributed by atoms with E-state index in [0.717, 1.165) is 43.5 Å². The quantitative estimate of drug-likeness (QED) is 0.610. The van der Waals surface area contributed by atoms with Gasteiger partial charge in [0.2, 0.25) is 0 Å². The second kappa shape index (κ2) is 9.48. The van der Waals surface area contributed by atoms with Crippen LogP contribution in [-0.2, 0) is 11.3 Å². The van der Waals surface area contributed by atoms with E-state index in [1.165, 1.54) is 5.56 Å². The molecule has 0 radical (unpaired) electrons. The molecule has 1 aliphatic heterocycles. The number of hydrogen-bond donors (Lipinski definition) is 2. The van der Waals surface area contributed by atoms with E-state index in [1.807, 2.05) is 12.1 Å². The average Bonchev–Trinajstić information content (AvgIpc) is 2.70. The van der Waals surface area contributed by atoms with Crippen LogP contribution in [0.25, 0.3) is 0 Å². The van der Waals surface area contributed by atoms with E-state index in [-0.39, 0.29) is 5.97 Å². The molecular formula is C21H26N3O2S+. The number of benzene rings is 2. The number of rotatable bonds is 5. The van der Waals surface area contributed by atoms with Crippen molar-refractivity contribution >= 4 is 29.0 Å². The lowest BCUT2D eigenvalue weighted by atomic mass is 10.2. The first-order chi connectivity index (χ1) is 13.2. The fourth-order valence-corrected chi connectivity index (χ4v) is 3.49. The molecule has 2 aromatic carbocycles. The molecule has 1 aliphatic rings. The zero-order valence-electron chi connectivity index (χ0n) is 15.6. The summed E-state index contributed by atoms with van der Waals surface area (Å²) in [5.41, 5.74) is 2.81. The summed E-state index contributed by atoms with van der Waals surface area (Å²) in [6, 6.07) is 17.8. The average molecular weight is 385 g/mol. The monoisotopic (exact) mass is 384 g/mol. The van der Waals surface area contributed by atoms with Crippen molar-refractivity contribution in [2.45, 2.75) is 13.5 Å². The molecule has 0 aromatic heterocycles. The molecule has 27 heavy (non-hydrogen) atoms. The number of thiocarbonyl (C=S) groups is 1. The Morgan fingerprint density at radius 3 is 2.41 bits per heavy atom. The maximum Gasteiger partial charge on any atom is 0.338 e. The van der Waals surface area contributed by atoms with E-state index >= 15 is 0 Å². The highest BCUT2D eigenvalue weighted by atomic mass is 32.1. The van der Waals surface area contributed by atoms with Crippen molar-refractivity contribution in [2.75, 3.05) is 38.1 Å². The lowest BCUT2D eigenvalue weighted by molar-refractivity contribution is -0.917. The molecule has 5 nitrogen and oxygen atoms in total. The predicted octanol–water partition coefficient (Wildman–Crippen LogP) is 1.96. The van der Waals surface area contributed by atoms with Gasteiger partial charge in [0.25, 0.3) is 0 Å². The predicted molar refractivity (Wildman–Crippen MR) is 111 cm³/mol. The molecule has 1 fully saturated rings. The fraction of sp³-hybridized carbons (Fsp3) is 0.333. The van der Waals surface area contributed by atoms with Gasteiger partial charge in [-0.25, -0.2) is 4.79 Å². The Hall–Kier alpha value is -2.44. The third kappa shape index (κ3) is 5.52. The number of ether oxygens (including phenoxy) is 1. The number of quaternary nitrogens is 1. The normalized spacial score (nSPS) is 14.6. The second-order valence-electron chi connectivity index (χ2n) is 6.63. The highest BCUT2D eigenvalue weighted by Gasteiger charge is 2.21. The summed E-state index contributed by atoms with van der Waals surface area (Å²) in [6.45, 7) is 7.25. The maximum absolute atomic E-state index is 11.7. The van der Waals surface area contributed by atoms with Crippen molar-refractivity contribution in [1.29, 1.82) is 0 Å². The fourth-order valence-electron chi connectivity index (χ4n) is 3.19. The van der Waals surface area contributed by atoms with Gasteiger partial charge in [-0.15, -0.1) is 0 Å². The Kier molecular flexibility index (Phi) is 6.79. The highest BCUT2D eigenvalue weighted by molar-refractivity contribution is 7.80. The van der Waals surface area contributed by atoms with Gasteiger partial charge in [0.05, 0.1) is 38.3 Å². The molecule has 3 rings (SSSR count). The van der Waals surface area contributed by atoms with E-state index in [4.69, 9.17) is 17.0 Å². The molecule has 0 atom stereocenters. The number of carbonyl (C=O) groups excluding carboxylic acids is 1. The molecule has 1 saturated heterocycles. The Balaban J connectivity index is 1.47. The van der Waals surface area contributed by atoms with E-state index in [9.17, 15) is 4.79 Å². The Labute approximate surface area is 165 Å². The molecule has 6 heteroatoms.